The number of ether oxygens (including phenoxy) is 1. The summed E-state index contributed by atoms with van der Waals surface area (Å²) < 4.78 is 4.97. The van der Waals surface area contributed by atoms with Crippen molar-refractivity contribution in [2.24, 2.45) is 5.92 Å². The van der Waals surface area contributed by atoms with E-state index in [4.69, 9.17) is 4.74 Å². The first kappa shape index (κ1) is 13.3. The van der Waals surface area contributed by atoms with E-state index in [0.29, 0.717) is 18.3 Å². The molecule has 1 aromatic rings. The Balaban J connectivity index is 2.60. The van der Waals surface area contributed by atoms with Crippen molar-refractivity contribution in [1.29, 1.82) is 0 Å². The molecule has 0 radical (unpaired) electrons. The summed E-state index contributed by atoms with van der Waals surface area (Å²) >= 11 is 1.62. The number of methoxy groups -OCH3 is 1. The summed E-state index contributed by atoms with van der Waals surface area (Å²) in [6, 6.07) is 7.72. The lowest BCUT2D eigenvalue weighted by atomic mass is 10.0. The molecule has 0 amide bonds. The van der Waals surface area contributed by atoms with Crippen LogP contribution >= 0.6 is 11.8 Å². The second kappa shape index (κ2) is 6.71. The molecule has 3 heteroatoms. The first-order chi connectivity index (χ1) is 7.63. The molecule has 0 aliphatic carbocycles. The minimum absolute atomic E-state index is 0.221. The van der Waals surface area contributed by atoms with Crippen molar-refractivity contribution in [1.82, 2.24) is 0 Å². The zero-order valence-electron chi connectivity index (χ0n) is 10.0. The van der Waals surface area contributed by atoms with Crippen LogP contribution in [0, 0.1) is 5.92 Å². The fraction of sp³-hybridized carbons (Fsp3) is 0.462. The molecule has 0 atom stereocenters. The van der Waals surface area contributed by atoms with Gasteiger partial charge in [0, 0.05) is 24.0 Å². The van der Waals surface area contributed by atoms with Gasteiger partial charge >= 0.3 is 0 Å². The minimum Gasteiger partial charge on any atom is -0.374 e. The highest BCUT2D eigenvalue weighted by atomic mass is 32.2. The van der Waals surface area contributed by atoms with Crippen molar-refractivity contribution >= 4 is 17.5 Å². The second-order valence-electron chi connectivity index (χ2n) is 4.10. The van der Waals surface area contributed by atoms with Gasteiger partial charge in [0.1, 0.15) is 0 Å². The number of rotatable bonds is 6. The van der Waals surface area contributed by atoms with E-state index in [-0.39, 0.29) is 5.78 Å². The molecule has 16 heavy (non-hydrogen) atoms. The van der Waals surface area contributed by atoms with Gasteiger partial charge in [0.15, 0.2) is 5.78 Å². The topological polar surface area (TPSA) is 26.3 Å². The molecule has 0 aliphatic rings. The minimum atomic E-state index is 0.221. The summed E-state index contributed by atoms with van der Waals surface area (Å²) in [6.45, 7) is 4.11. The molecule has 0 bridgehead atoms. The maximum Gasteiger partial charge on any atom is 0.163 e. The van der Waals surface area contributed by atoms with Gasteiger partial charge in [-0.3, -0.25) is 4.79 Å². The van der Waals surface area contributed by atoms with Gasteiger partial charge in [0.2, 0.25) is 0 Å². The predicted octanol–water partition coefficient (Wildman–Crippen LogP) is 3.61. The Morgan fingerprint density at radius 1 is 1.31 bits per heavy atom. The number of Topliss-reactive ketones (excluding diaryl/α,β-unsaturated/α-hetero) is 1. The molecule has 0 unspecified atom stereocenters. The number of benzene rings is 1. The normalized spacial score (nSPS) is 10.8. The maximum atomic E-state index is 11.7. The van der Waals surface area contributed by atoms with Crippen LogP contribution in [0.2, 0.25) is 0 Å². The van der Waals surface area contributed by atoms with E-state index in [0.717, 1.165) is 10.5 Å². The molecule has 0 aromatic heterocycles. The third-order valence-electron chi connectivity index (χ3n) is 2.11. The lowest BCUT2D eigenvalue weighted by Gasteiger charge is -2.05. The Kier molecular flexibility index (Phi) is 5.56. The molecule has 0 aliphatic heterocycles. The first-order valence-corrected chi connectivity index (χ1v) is 6.37. The van der Waals surface area contributed by atoms with Gasteiger partial charge in [0.05, 0.1) is 5.94 Å². The highest BCUT2D eigenvalue weighted by Crippen LogP contribution is 2.19. The number of ketones is 1. The fourth-order valence-corrected chi connectivity index (χ4v) is 1.94. The van der Waals surface area contributed by atoms with Gasteiger partial charge in [-0.15, -0.1) is 0 Å². The summed E-state index contributed by atoms with van der Waals surface area (Å²) in [7, 11) is 1.67. The molecule has 0 N–H and O–H groups in total. The van der Waals surface area contributed by atoms with Crippen LogP contribution in [0.3, 0.4) is 0 Å². The Morgan fingerprint density at radius 3 is 2.44 bits per heavy atom. The first-order valence-electron chi connectivity index (χ1n) is 5.38. The van der Waals surface area contributed by atoms with Crippen LogP contribution in [0.4, 0.5) is 0 Å². The van der Waals surface area contributed by atoms with E-state index in [1.165, 1.54) is 0 Å². The zero-order chi connectivity index (χ0) is 12.0. The number of hydrogen-bond acceptors (Lipinski definition) is 3. The molecule has 1 rings (SSSR count). The van der Waals surface area contributed by atoms with E-state index < -0.39 is 0 Å². The highest BCUT2D eigenvalue weighted by molar-refractivity contribution is 7.99. The predicted molar refractivity (Wildman–Crippen MR) is 68.0 cm³/mol. The number of carbonyl (C=O) groups is 1. The van der Waals surface area contributed by atoms with E-state index in [2.05, 4.69) is 13.8 Å². The van der Waals surface area contributed by atoms with Crippen molar-refractivity contribution in [3.63, 3.8) is 0 Å². The Bertz CT molecular complexity index is 330. The zero-order valence-corrected chi connectivity index (χ0v) is 10.8. The third kappa shape index (κ3) is 4.37. The van der Waals surface area contributed by atoms with Crippen molar-refractivity contribution in [2.75, 3.05) is 13.0 Å². The average Bonchev–Trinajstić information content (AvgIpc) is 2.26. The van der Waals surface area contributed by atoms with Crippen LogP contribution in [-0.4, -0.2) is 18.8 Å². The highest BCUT2D eigenvalue weighted by Gasteiger charge is 2.07. The van der Waals surface area contributed by atoms with Gasteiger partial charge in [-0.25, -0.2) is 0 Å². The number of thioether (sulfide) groups is 1. The van der Waals surface area contributed by atoms with E-state index in [1.807, 2.05) is 24.3 Å². The lowest BCUT2D eigenvalue weighted by molar-refractivity contribution is 0.0968. The molecule has 88 valence electrons. The van der Waals surface area contributed by atoms with E-state index >= 15 is 0 Å². The Hall–Kier alpha value is -0.800. The van der Waals surface area contributed by atoms with Gasteiger partial charge in [-0.1, -0.05) is 37.7 Å². The summed E-state index contributed by atoms with van der Waals surface area (Å²) in [5.41, 5.74) is 0.801. The van der Waals surface area contributed by atoms with E-state index in [1.54, 1.807) is 18.9 Å². The molecule has 0 heterocycles. The van der Waals surface area contributed by atoms with Crippen molar-refractivity contribution in [3.8, 4) is 0 Å². The monoisotopic (exact) mass is 238 g/mol. The van der Waals surface area contributed by atoms with Gasteiger partial charge < -0.3 is 4.74 Å². The average molecular weight is 238 g/mol. The maximum absolute atomic E-state index is 11.7. The Labute approximate surface area is 101 Å². The number of hydrogen-bond donors (Lipinski definition) is 0. The molecule has 0 fully saturated rings. The summed E-state index contributed by atoms with van der Waals surface area (Å²) in [5, 5.41) is 0. The SMILES string of the molecule is COCSc1ccc(C(=O)CC(C)C)cc1. The fourth-order valence-electron chi connectivity index (χ4n) is 1.35. The van der Waals surface area contributed by atoms with Crippen LogP contribution in [-0.2, 0) is 4.74 Å². The molecule has 1 aromatic carbocycles. The molecule has 2 nitrogen and oxygen atoms in total. The summed E-state index contributed by atoms with van der Waals surface area (Å²) in [4.78, 5) is 12.9. The lowest BCUT2D eigenvalue weighted by Crippen LogP contribution is -2.03. The van der Waals surface area contributed by atoms with Crippen LogP contribution in [0.5, 0.6) is 0 Å². The van der Waals surface area contributed by atoms with Crippen LogP contribution in [0.25, 0.3) is 0 Å². The van der Waals surface area contributed by atoms with Crippen LogP contribution in [0.15, 0.2) is 29.2 Å². The van der Waals surface area contributed by atoms with E-state index in [9.17, 15) is 4.79 Å². The van der Waals surface area contributed by atoms with Crippen molar-refractivity contribution in [2.45, 2.75) is 25.2 Å². The van der Waals surface area contributed by atoms with Gasteiger partial charge in [-0.2, -0.15) is 0 Å². The Morgan fingerprint density at radius 2 is 1.94 bits per heavy atom. The molecule has 0 saturated carbocycles. The van der Waals surface area contributed by atoms with Crippen molar-refractivity contribution < 1.29 is 9.53 Å². The van der Waals surface area contributed by atoms with Crippen molar-refractivity contribution in [3.05, 3.63) is 29.8 Å². The molecular weight excluding hydrogens is 220 g/mol. The van der Waals surface area contributed by atoms with Crippen LogP contribution < -0.4 is 0 Å². The third-order valence-corrected chi connectivity index (χ3v) is 3.07. The molecule has 0 spiro atoms. The van der Waals surface area contributed by atoms with Gasteiger partial charge in [-0.05, 0) is 18.1 Å². The summed E-state index contributed by atoms with van der Waals surface area (Å²) in [6.07, 6.45) is 0.616. The smallest absolute Gasteiger partial charge is 0.163 e. The molecular formula is C13H18O2S. The second-order valence-corrected chi connectivity index (χ2v) is 5.09. The van der Waals surface area contributed by atoms with Crippen LogP contribution in [0.1, 0.15) is 30.6 Å². The quantitative estimate of drug-likeness (QED) is 0.430. The largest absolute Gasteiger partial charge is 0.374 e. The van der Waals surface area contributed by atoms with Gasteiger partial charge in [0.25, 0.3) is 0 Å². The standard InChI is InChI=1S/C13H18O2S/c1-10(2)8-13(14)11-4-6-12(7-5-11)16-9-15-3/h4-7,10H,8-9H2,1-3H3. The number of carbonyl (C=O) groups excluding carboxylic acids is 1. The summed E-state index contributed by atoms with van der Waals surface area (Å²) in [5.74, 6) is 1.27. The molecule has 0 saturated heterocycles.